The zero-order valence-electron chi connectivity index (χ0n) is 19.0. The second-order valence-electron chi connectivity index (χ2n) is 7.64. The van der Waals surface area contributed by atoms with Crippen LogP contribution in [0.1, 0.15) is 27.9 Å². The average molecular weight is 500 g/mol. The number of esters is 2. The first kappa shape index (κ1) is 26.1. The molecule has 4 N–H and O–H groups in total. The number of alkyl halides is 3. The maximum atomic E-state index is 12.2. The molecule has 0 spiro atoms. The zero-order valence-corrected chi connectivity index (χ0v) is 19.0. The Labute approximate surface area is 205 Å². The number of rotatable bonds is 9. The van der Waals surface area contributed by atoms with Crippen LogP contribution in [0.5, 0.6) is 11.5 Å². The molecule has 0 bridgehead atoms. The Kier molecular flexibility index (Phi) is 8.56. The molecule has 0 aliphatic heterocycles. The molecule has 3 rings (SSSR count). The molecule has 0 unspecified atom stereocenters. The molecule has 0 saturated carbocycles. The molecule has 0 aliphatic carbocycles. The van der Waals surface area contributed by atoms with Gasteiger partial charge in [-0.2, -0.15) is 0 Å². The Morgan fingerprint density at radius 2 is 1.47 bits per heavy atom. The van der Waals surface area contributed by atoms with Crippen molar-refractivity contribution in [3.63, 3.8) is 0 Å². The predicted molar refractivity (Wildman–Crippen MR) is 128 cm³/mol. The van der Waals surface area contributed by atoms with Gasteiger partial charge in [0.15, 0.2) is 0 Å². The molecular formula is C26H23F3N2O5. The van der Waals surface area contributed by atoms with E-state index >= 15 is 0 Å². The maximum absolute atomic E-state index is 12.2. The summed E-state index contributed by atoms with van der Waals surface area (Å²) in [4.78, 5) is 24.1. The second kappa shape index (κ2) is 11.8. The van der Waals surface area contributed by atoms with Crippen LogP contribution in [-0.4, -0.2) is 24.9 Å². The standard InChI is InChI=1S/C26H23F3N2O5/c27-26(28,29)36-23-10-6-19(7-11-23)25(33)35-22-8-3-17(4-9-22)5-12-24(32)34-13-1-2-18-14-20(30)16-21(31)15-18/h3-12,14-16H,1-2,13,30-31H2/b12-5+. The Hall–Kier alpha value is -4.47. The largest absolute Gasteiger partial charge is 0.573 e. The third-order valence-corrected chi connectivity index (χ3v) is 4.72. The van der Waals surface area contributed by atoms with Crippen molar-refractivity contribution in [2.75, 3.05) is 18.1 Å². The van der Waals surface area contributed by atoms with Gasteiger partial charge in [0.25, 0.3) is 0 Å². The highest BCUT2D eigenvalue weighted by Crippen LogP contribution is 2.23. The molecule has 0 heterocycles. The smallest absolute Gasteiger partial charge is 0.463 e. The van der Waals surface area contributed by atoms with Crippen molar-refractivity contribution in [3.8, 4) is 11.5 Å². The molecule has 3 aromatic rings. The summed E-state index contributed by atoms with van der Waals surface area (Å²) < 4.78 is 50.8. The summed E-state index contributed by atoms with van der Waals surface area (Å²) in [7, 11) is 0. The van der Waals surface area contributed by atoms with E-state index in [9.17, 15) is 22.8 Å². The molecule has 10 heteroatoms. The minimum atomic E-state index is -4.82. The number of carbonyl (C=O) groups is 2. The van der Waals surface area contributed by atoms with E-state index in [0.717, 1.165) is 29.8 Å². The van der Waals surface area contributed by atoms with Crippen molar-refractivity contribution in [2.45, 2.75) is 19.2 Å². The summed E-state index contributed by atoms with van der Waals surface area (Å²) in [5, 5.41) is 0. The number of hydrogen-bond donors (Lipinski definition) is 2. The zero-order chi connectivity index (χ0) is 26.1. The van der Waals surface area contributed by atoms with Crippen LogP contribution in [0.25, 0.3) is 6.08 Å². The van der Waals surface area contributed by atoms with E-state index in [1.807, 2.05) is 12.1 Å². The van der Waals surface area contributed by atoms with E-state index < -0.39 is 24.1 Å². The number of anilines is 2. The quantitative estimate of drug-likeness (QED) is 0.137. The normalized spacial score (nSPS) is 11.3. The topological polar surface area (TPSA) is 114 Å². The molecule has 7 nitrogen and oxygen atoms in total. The van der Waals surface area contributed by atoms with Gasteiger partial charge in [-0.05, 0) is 84.6 Å². The van der Waals surface area contributed by atoms with E-state index in [1.54, 1.807) is 24.3 Å². The molecule has 0 radical (unpaired) electrons. The Balaban J connectivity index is 1.43. The summed E-state index contributed by atoms with van der Waals surface area (Å²) in [5.41, 5.74) is 14.4. The lowest BCUT2D eigenvalue weighted by Gasteiger charge is -2.09. The lowest BCUT2D eigenvalue weighted by Crippen LogP contribution is -2.17. The highest BCUT2D eigenvalue weighted by molar-refractivity contribution is 5.91. The Morgan fingerprint density at radius 1 is 0.861 bits per heavy atom. The molecule has 3 aromatic carbocycles. The van der Waals surface area contributed by atoms with Crippen molar-refractivity contribution >= 4 is 29.4 Å². The highest BCUT2D eigenvalue weighted by Gasteiger charge is 2.31. The molecule has 0 saturated heterocycles. The van der Waals surface area contributed by atoms with E-state index in [2.05, 4.69) is 4.74 Å². The first-order valence-electron chi connectivity index (χ1n) is 10.8. The summed E-state index contributed by atoms with van der Waals surface area (Å²) in [6.45, 7) is 0.232. The highest BCUT2D eigenvalue weighted by atomic mass is 19.4. The minimum absolute atomic E-state index is 0.0513. The van der Waals surface area contributed by atoms with E-state index in [1.165, 1.54) is 18.2 Å². The van der Waals surface area contributed by atoms with Gasteiger partial charge in [-0.3, -0.25) is 0 Å². The summed E-state index contributed by atoms with van der Waals surface area (Å²) >= 11 is 0. The number of nitrogen functional groups attached to an aromatic ring is 2. The van der Waals surface area contributed by atoms with Crippen molar-refractivity contribution in [2.24, 2.45) is 0 Å². The van der Waals surface area contributed by atoms with Crippen molar-refractivity contribution in [3.05, 3.63) is 89.5 Å². The van der Waals surface area contributed by atoms with Crippen LogP contribution in [0, 0.1) is 0 Å². The molecule has 0 atom stereocenters. The Bertz CT molecular complexity index is 1200. The van der Waals surface area contributed by atoms with Crippen molar-refractivity contribution in [1.29, 1.82) is 0 Å². The fourth-order valence-corrected chi connectivity index (χ4v) is 3.16. The fraction of sp³-hybridized carbons (Fsp3) is 0.154. The number of aryl methyl sites for hydroxylation is 1. The summed E-state index contributed by atoms with van der Waals surface area (Å²) in [5.74, 6) is -1.48. The minimum Gasteiger partial charge on any atom is -0.463 e. The van der Waals surface area contributed by atoms with Crippen molar-refractivity contribution in [1.82, 2.24) is 0 Å². The van der Waals surface area contributed by atoms with Gasteiger partial charge in [-0.15, -0.1) is 13.2 Å². The van der Waals surface area contributed by atoms with E-state index in [0.29, 0.717) is 29.8 Å². The van der Waals surface area contributed by atoms with Crippen LogP contribution in [-0.2, 0) is 16.0 Å². The van der Waals surface area contributed by atoms with E-state index in [4.69, 9.17) is 20.9 Å². The molecular weight excluding hydrogens is 477 g/mol. The molecule has 188 valence electrons. The Morgan fingerprint density at radius 3 is 2.08 bits per heavy atom. The fourth-order valence-electron chi connectivity index (χ4n) is 3.16. The van der Waals surface area contributed by atoms with Gasteiger partial charge < -0.3 is 25.7 Å². The number of carbonyl (C=O) groups excluding carboxylic acids is 2. The second-order valence-corrected chi connectivity index (χ2v) is 7.64. The van der Waals surface area contributed by atoms with Crippen LogP contribution in [0.3, 0.4) is 0 Å². The third-order valence-electron chi connectivity index (χ3n) is 4.72. The molecule has 36 heavy (non-hydrogen) atoms. The van der Waals surface area contributed by atoms with Crippen LogP contribution < -0.4 is 20.9 Å². The van der Waals surface area contributed by atoms with Gasteiger partial charge in [0.05, 0.1) is 12.2 Å². The number of halogens is 3. The SMILES string of the molecule is Nc1cc(N)cc(CCCOC(=O)/C=C/c2ccc(OC(=O)c3ccc(OC(F)(F)F)cc3)cc2)c1. The molecule has 0 fully saturated rings. The van der Waals surface area contributed by atoms with Crippen LogP contribution in [0.15, 0.2) is 72.8 Å². The monoisotopic (exact) mass is 500 g/mol. The van der Waals surface area contributed by atoms with Gasteiger partial charge in [0.1, 0.15) is 11.5 Å². The first-order chi connectivity index (χ1) is 17.1. The van der Waals surface area contributed by atoms with Gasteiger partial charge in [-0.25, -0.2) is 9.59 Å². The molecule has 0 amide bonds. The van der Waals surface area contributed by atoms with Crippen LogP contribution in [0.4, 0.5) is 24.5 Å². The van der Waals surface area contributed by atoms with Gasteiger partial charge in [-0.1, -0.05) is 12.1 Å². The number of hydrogen-bond acceptors (Lipinski definition) is 7. The van der Waals surface area contributed by atoms with E-state index in [-0.39, 0.29) is 17.9 Å². The third kappa shape index (κ3) is 8.71. The summed E-state index contributed by atoms with van der Waals surface area (Å²) in [6, 6.07) is 16.0. The molecule has 0 aromatic heterocycles. The maximum Gasteiger partial charge on any atom is 0.573 e. The van der Waals surface area contributed by atoms with Gasteiger partial charge in [0, 0.05) is 17.5 Å². The molecule has 0 aliphatic rings. The van der Waals surface area contributed by atoms with Crippen LogP contribution >= 0.6 is 0 Å². The number of nitrogens with two attached hydrogens (primary N) is 2. The van der Waals surface area contributed by atoms with Crippen molar-refractivity contribution < 1.29 is 37.0 Å². The number of benzene rings is 3. The number of ether oxygens (including phenoxy) is 3. The van der Waals surface area contributed by atoms with Crippen LogP contribution in [0.2, 0.25) is 0 Å². The van der Waals surface area contributed by atoms with Gasteiger partial charge in [0.2, 0.25) is 0 Å². The lowest BCUT2D eigenvalue weighted by atomic mass is 10.1. The first-order valence-corrected chi connectivity index (χ1v) is 10.8. The summed E-state index contributed by atoms with van der Waals surface area (Å²) in [6.07, 6.45) is -0.712. The average Bonchev–Trinajstić information content (AvgIpc) is 2.80. The predicted octanol–water partition coefficient (Wildman–Crippen LogP) is 5.16. The lowest BCUT2D eigenvalue weighted by molar-refractivity contribution is -0.274. The van der Waals surface area contributed by atoms with Gasteiger partial charge >= 0.3 is 18.3 Å².